The van der Waals surface area contributed by atoms with Gasteiger partial charge in [0.15, 0.2) is 0 Å². The van der Waals surface area contributed by atoms with Gasteiger partial charge >= 0.3 is 5.97 Å². The lowest BCUT2D eigenvalue weighted by Gasteiger charge is -2.07. The Morgan fingerprint density at radius 3 is 2.41 bits per heavy atom. The van der Waals surface area contributed by atoms with Crippen molar-refractivity contribution in [1.29, 1.82) is 0 Å². The molecule has 0 rings (SSSR count). The van der Waals surface area contributed by atoms with Gasteiger partial charge in [-0.05, 0) is 32.3 Å². The van der Waals surface area contributed by atoms with E-state index in [1.807, 2.05) is 0 Å². The molecule has 0 fully saturated rings. The zero-order valence-corrected chi connectivity index (χ0v) is 10.7. The first kappa shape index (κ1) is 18.2. The summed E-state index contributed by atoms with van der Waals surface area (Å²) in [5.41, 5.74) is 11.0. The standard InChI is InChI=1S/C10H18FN3O2.ClH/c1-6(3-4-9(13)10(15)16)8(11)5-14-7(2)12;/h9H,3-5,13H2,1-2H3,(H2,12,14)(H,15,16);1H/p-1/b8-6-;/t9-;/m1./s1. The van der Waals surface area contributed by atoms with E-state index in [9.17, 15) is 9.18 Å². The molecule has 0 bridgehead atoms. The Morgan fingerprint density at radius 1 is 1.47 bits per heavy atom. The van der Waals surface area contributed by atoms with Gasteiger partial charge in [0, 0.05) is 0 Å². The lowest BCUT2D eigenvalue weighted by Crippen LogP contribution is -3.00. The highest BCUT2D eigenvalue weighted by atomic mass is 35.5. The van der Waals surface area contributed by atoms with E-state index in [4.69, 9.17) is 16.6 Å². The Hall–Kier alpha value is -1.14. The lowest BCUT2D eigenvalue weighted by atomic mass is 10.1. The number of carbonyl (C=O) groups is 1. The predicted molar refractivity (Wildman–Crippen MR) is 60.8 cm³/mol. The van der Waals surface area contributed by atoms with Crippen molar-refractivity contribution in [1.82, 2.24) is 0 Å². The fourth-order valence-electron chi connectivity index (χ4n) is 0.960. The minimum atomic E-state index is -1.08. The molecule has 5 nitrogen and oxygen atoms in total. The predicted octanol–water partition coefficient (Wildman–Crippen LogP) is -2.20. The monoisotopic (exact) mass is 266 g/mol. The van der Waals surface area contributed by atoms with Crippen LogP contribution in [0.3, 0.4) is 0 Å². The molecule has 0 aromatic heterocycles. The van der Waals surface area contributed by atoms with E-state index in [1.165, 1.54) is 0 Å². The second kappa shape index (κ2) is 8.95. The van der Waals surface area contributed by atoms with Crippen LogP contribution in [0.25, 0.3) is 0 Å². The Bertz CT molecular complexity index is 315. The van der Waals surface area contributed by atoms with Gasteiger partial charge in [0.25, 0.3) is 0 Å². The number of hydrogen-bond donors (Lipinski definition) is 3. The van der Waals surface area contributed by atoms with Crippen LogP contribution in [-0.2, 0) is 4.79 Å². The summed E-state index contributed by atoms with van der Waals surface area (Å²) in [5.74, 6) is -1.16. The smallest absolute Gasteiger partial charge is 0.320 e. The van der Waals surface area contributed by atoms with Gasteiger partial charge in [-0.1, -0.05) is 0 Å². The number of nitrogens with zero attached hydrogens (tertiary/aromatic N) is 1. The Labute approximate surface area is 106 Å². The summed E-state index contributed by atoms with van der Waals surface area (Å²) in [6.07, 6.45) is 0.512. The summed E-state index contributed by atoms with van der Waals surface area (Å²) in [4.78, 5) is 14.1. The molecule has 1 atom stereocenters. The van der Waals surface area contributed by atoms with Crippen LogP contribution in [0.5, 0.6) is 0 Å². The number of amidine groups is 1. The van der Waals surface area contributed by atoms with Crippen LogP contribution >= 0.6 is 0 Å². The maximum Gasteiger partial charge on any atom is 0.320 e. The number of carboxylic acids is 1. The first-order valence-corrected chi connectivity index (χ1v) is 4.93. The van der Waals surface area contributed by atoms with Crippen LogP contribution in [-0.4, -0.2) is 29.5 Å². The van der Waals surface area contributed by atoms with Crippen molar-refractivity contribution in [3.05, 3.63) is 11.4 Å². The van der Waals surface area contributed by atoms with E-state index >= 15 is 0 Å². The highest BCUT2D eigenvalue weighted by Gasteiger charge is 2.12. The minimum Gasteiger partial charge on any atom is -1.00 e. The molecule has 0 saturated carbocycles. The van der Waals surface area contributed by atoms with Gasteiger partial charge in [-0.25, -0.2) is 4.39 Å². The zero-order chi connectivity index (χ0) is 12.7. The summed E-state index contributed by atoms with van der Waals surface area (Å²) in [6.45, 7) is 3.06. The molecule has 0 radical (unpaired) electrons. The van der Waals surface area contributed by atoms with Crippen LogP contribution in [0.15, 0.2) is 16.4 Å². The minimum absolute atomic E-state index is 0. The molecule has 0 aliphatic rings. The number of aliphatic carboxylic acids is 1. The molecule has 0 aliphatic heterocycles. The number of halogens is 2. The summed E-state index contributed by atoms with van der Waals surface area (Å²) in [5, 5.41) is 8.54. The molecule has 7 heteroatoms. The number of nitrogens with two attached hydrogens (primary N) is 2. The number of allylic oxidation sites excluding steroid dienone is 1. The molecule has 100 valence electrons. The van der Waals surface area contributed by atoms with E-state index in [-0.39, 0.29) is 31.2 Å². The van der Waals surface area contributed by atoms with Gasteiger partial charge in [0.2, 0.25) is 0 Å². The topological polar surface area (TPSA) is 102 Å². The zero-order valence-electron chi connectivity index (χ0n) is 9.91. The van der Waals surface area contributed by atoms with Crippen LogP contribution in [0, 0.1) is 0 Å². The van der Waals surface area contributed by atoms with Gasteiger partial charge in [0.05, 0.1) is 12.4 Å². The normalized spacial score (nSPS) is 14.7. The quantitative estimate of drug-likeness (QED) is 0.375. The van der Waals surface area contributed by atoms with E-state index in [0.29, 0.717) is 17.8 Å². The van der Waals surface area contributed by atoms with Crippen LogP contribution in [0.4, 0.5) is 4.39 Å². The highest BCUT2D eigenvalue weighted by Crippen LogP contribution is 2.13. The molecule has 0 spiro atoms. The van der Waals surface area contributed by atoms with Gasteiger partial charge in [-0.3, -0.25) is 9.79 Å². The molecule has 0 aromatic rings. The van der Waals surface area contributed by atoms with Crippen molar-refractivity contribution in [2.75, 3.05) is 6.54 Å². The van der Waals surface area contributed by atoms with Crippen molar-refractivity contribution in [3.8, 4) is 0 Å². The molecule has 0 saturated heterocycles. The van der Waals surface area contributed by atoms with E-state index in [2.05, 4.69) is 4.99 Å². The number of rotatable bonds is 6. The van der Waals surface area contributed by atoms with Crippen molar-refractivity contribution < 1.29 is 26.7 Å². The van der Waals surface area contributed by atoms with Gasteiger partial charge in [-0.15, -0.1) is 0 Å². The Balaban J connectivity index is 0. The van der Waals surface area contributed by atoms with Crippen LogP contribution in [0.1, 0.15) is 26.7 Å². The fourth-order valence-corrected chi connectivity index (χ4v) is 0.960. The number of aliphatic imine (C=N–C) groups is 1. The van der Waals surface area contributed by atoms with E-state index in [0.717, 1.165) is 0 Å². The van der Waals surface area contributed by atoms with Gasteiger partial charge in [0.1, 0.15) is 11.9 Å². The average molecular weight is 267 g/mol. The summed E-state index contributed by atoms with van der Waals surface area (Å²) in [7, 11) is 0. The molecular weight excluding hydrogens is 249 g/mol. The highest BCUT2D eigenvalue weighted by molar-refractivity contribution is 5.77. The van der Waals surface area contributed by atoms with Crippen LogP contribution in [0.2, 0.25) is 0 Å². The van der Waals surface area contributed by atoms with Crippen LogP contribution < -0.4 is 23.9 Å². The SMILES string of the molecule is CC(N)=NC/C(F)=C(\C)CC[C@@H](N)C(=O)O.[Cl-]. The molecular formula is C10H18ClFN3O2-. The second-order valence-electron chi connectivity index (χ2n) is 3.63. The van der Waals surface area contributed by atoms with Crippen molar-refractivity contribution in [3.63, 3.8) is 0 Å². The molecule has 0 unspecified atom stereocenters. The second-order valence-corrected chi connectivity index (χ2v) is 3.63. The molecule has 0 heterocycles. The van der Waals surface area contributed by atoms with E-state index < -0.39 is 12.0 Å². The van der Waals surface area contributed by atoms with Crippen molar-refractivity contribution >= 4 is 11.8 Å². The third-order valence-corrected chi connectivity index (χ3v) is 2.08. The average Bonchev–Trinajstić information content (AvgIpc) is 2.21. The van der Waals surface area contributed by atoms with Crippen molar-refractivity contribution in [2.45, 2.75) is 32.7 Å². The maximum atomic E-state index is 13.3. The fraction of sp³-hybridized carbons (Fsp3) is 0.600. The molecule has 17 heavy (non-hydrogen) atoms. The largest absolute Gasteiger partial charge is 1.00 e. The van der Waals surface area contributed by atoms with Gasteiger partial charge < -0.3 is 29.0 Å². The molecule has 0 aromatic carbocycles. The summed E-state index contributed by atoms with van der Waals surface area (Å²) >= 11 is 0. The Kier molecular flexibility index (Phi) is 9.60. The number of hydrogen-bond acceptors (Lipinski definition) is 3. The number of carboxylic acid groups (broad SMARTS) is 1. The maximum absolute atomic E-state index is 13.3. The molecule has 0 amide bonds. The Morgan fingerprint density at radius 2 is 2.00 bits per heavy atom. The molecule has 5 N–H and O–H groups in total. The summed E-state index contributed by atoms with van der Waals surface area (Å²) < 4.78 is 13.3. The van der Waals surface area contributed by atoms with E-state index in [1.54, 1.807) is 13.8 Å². The molecule has 0 aliphatic carbocycles. The lowest BCUT2D eigenvalue weighted by molar-refractivity contribution is -0.138. The third-order valence-electron chi connectivity index (χ3n) is 2.08. The van der Waals surface area contributed by atoms with Crippen molar-refractivity contribution in [2.24, 2.45) is 16.5 Å². The first-order valence-electron chi connectivity index (χ1n) is 4.93. The summed E-state index contributed by atoms with van der Waals surface area (Å²) in [6, 6.07) is -0.956. The third kappa shape index (κ3) is 8.65. The van der Waals surface area contributed by atoms with Gasteiger partial charge in [-0.2, -0.15) is 0 Å². The first-order chi connectivity index (χ1) is 7.34.